The Kier molecular flexibility index (Phi) is 6.29. The van der Waals surface area contributed by atoms with Crippen LogP contribution in [0.1, 0.15) is 33.3 Å². The summed E-state index contributed by atoms with van der Waals surface area (Å²) in [5.74, 6) is -0.0501. The fraction of sp³-hybridized carbons (Fsp3) is 0.600. The van der Waals surface area contributed by atoms with Crippen LogP contribution in [-0.2, 0) is 20.6 Å². The molecule has 1 aliphatic rings. The third-order valence-electron chi connectivity index (χ3n) is 5.69. The molecule has 0 aromatic heterocycles. The van der Waals surface area contributed by atoms with Gasteiger partial charge in [-0.2, -0.15) is 0 Å². The SMILES string of the molecule is C[C@@H]1C(C=O)N(C(=O)OCc2ccccc2)C[C@@H]1O[Si](C)(C)C(C)(C)C. The van der Waals surface area contributed by atoms with Gasteiger partial charge in [0.15, 0.2) is 8.32 Å². The highest BCUT2D eigenvalue weighted by atomic mass is 28.4. The van der Waals surface area contributed by atoms with Gasteiger partial charge in [-0.3, -0.25) is 4.90 Å². The molecule has 1 aliphatic heterocycles. The maximum Gasteiger partial charge on any atom is 0.410 e. The monoisotopic (exact) mass is 377 g/mol. The minimum atomic E-state index is -1.98. The molecule has 1 aromatic rings. The number of ether oxygens (including phenoxy) is 1. The van der Waals surface area contributed by atoms with E-state index in [2.05, 4.69) is 33.9 Å². The highest BCUT2D eigenvalue weighted by molar-refractivity contribution is 6.74. The summed E-state index contributed by atoms with van der Waals surface area (Å²) in [6, 6.07) is 9.02. The van der Waals surface area contributed by atoms with E-state index in [9.17, 15) is 9.59 Å². The van der Waals surface area contributed by atoms with E-state index in [-0.39, 0.29) is 23.7 Å². The van der Waals surface area contributed by atoms with E-state index in [0.717, 1.165) is 11.8 Å². The molecule has 1 amide bonds. The van der Waals surface area contributed by atoms with Crippen molar-refractivity contribution in [3.63, 3.8) is 0 Å². The normalized spacial score (nSPS) is 23.8. The third-order valence-corrected chi connectivity index (χ3v) is 10.2. The van der Waals surface area contributed by atoms with E-state index in [0.29, 0.717) is 6.54 Å². The zero-order valence-electron chi connectivity index (χ0n) is 16.7. The van der Waals surface area contributed by atoms with Crippen molar-refractivity contribution in [3.05, 3.63) is 35.9 Å². The van der Waals surface area contributed by atoms with Gasteiger partial charge in [0, 0.05) is 5.92 Å². The number of hydrogen-bond acceptors (Lipinski definition) is 4. The molecule has 1 aromatic carbocycles. The summed E-state index contributed by atoms with van der Waals surface area (Å²) < 4.78 is 11.9. The molecular weight excluding hydrogens is 346 g/mol. The standard InChI is InChI=1S/C20H31NO4Si/c1-15-17(13-22)21(12-18(15)25-26(5,6)20(2,3)4)19(23)24-14-16-10-8-7-9-11-16/h7-11,13,15,17-18H,12,14H2,1-6H3/t15-,17?,18+/m1/s1. The smallest absolute Gasteiger partial charge is 0.410 e. The molecule has 1 heterocycles. The van der Waals surface area contributed by atoms with Crippen molar-refractivity contribution in [2.24, 2.45) is 5.92 Å². The van der Waals surface area contributed by atoms with Crippen molar-refractivity contribution < 1.29 is 18.8 Å². The van der Waals surface area contributed by atoms with Crippen molar-refractivity contribution in [2.75, 3.05) is 6.54 Å². The van der Waals surface area contributed by atoms with Crippen LogP contribution in [0.3, 0.4) is 0 Å². The van der Waals surface area contributed by atoms with Gasteiger partial charge >= 0.3 is 6.09 Å². The van der Waals surface area contributed by atoms with E-state index in [1.807, 2.05) is 37.3 Å². The first-order valence-corrected chi connectivity index (χ1v) is 12.1. The van der Waals surface area contributed by atoms with Crippen molar-refractivity contribution in [2.45, 2.75) is 64.6 Å². The summed E-state index contributed by atoms with van der Waals surface area (Å²) >= 11 is 0. The predicted octanol–water partition coefficient (Wildman–Crippen LogP) is 4.23. The van der Waals surface area contributed by atoms with Crippen LogP contribution in [-0.4, -0.2) is 44.3 Å². The lowest BCUT2D eigenvalue weighted by atomic mass is 10.0. The maximum absolute atomic E-state index is 12.5. The van der Waals surface area contributed by atoms with Crippen molar-refractivity contribution in [3.8, 4) is 0 Å². The van der Waals surface area contributed by atoms with Gasteiger partial charge in [-0.15, -0.1) is 0 Å². The number of benzene rings is 1. The number of amides is 1. The molecule has 6 heteroatoms. The van der Waals surface area contributed by atoms with Gasteiger partial charge in [-0.1, -0.05) is 58.0 Å². The lowest BCUT2D eigenvalue weighted by Crippen LogP contribution is -2.45. The quantitative estimate of drug-likeness (QED) is 0.569. The summed E-state index contributed by atoms with van der Waals surface area (Å²) in [7, 11) is -1.98. The molecule has 0 spiro atoms. The van der Waals surface area contributed by atoms with E-state index in [4.69, 9.17) is 9.16 Å². The maximum atomic E-state index is 12.5. The minimum Gasteiger partial charge on any atom is -0.445 e. The Labute approximate surface area is 157 Å². The van der Waals surface area contributed by atoms with Crippen molar-refractivity contribution in [1.82, 2.24) is 4.90 Å². The van der Waals surface area contributed by atoms with Gasteiger partial charge in [-0.25, -0.2) is 4.79 Å². The highest BCUT2D eigenvalue weighted by Gasteiger charge is 2.47. The molecule has 26 heavy (non-hydrogen) atoms. The molecule has 2 rings (SSSR count). The van der Waals surface area contributed by atoms with Crippen molar-refractivity contribution in [1.29, 1.82) is 0 Å². The molecule has 0 N–H and O–H groups in total. The van der Waals surface area contributed by atoms with Gasteiger partial charge in [0.25, 0.3) is 0 Å². The molecule has 0 aliphatic carbocycles. The van der Waals surface area contributed by atoms with Crippen LogP contribution in [0.15, 0.2) is 30.3 Å². The molecule has 0 bridgehead atoms. The zero-order valence-corrected chi connectivity index (χ0v) is 17.7. The van der Waals surface area contributed by atoms with Gasteiger partial charge < -0.3 is 14.0 Å². The average Bonchev–Trinajstić information content (AvgIpc) is 2.88. The minimum absolute atomic E-state index is 0.0501. The Morgan fingerprint density at radius 3 is 2.42 bits per heavy atom. The van der Waals surface area contributed by atoms with Gasteiger partial charge in [0.05, 0.1) is 18.7 Å². The summed E-state index contributed by atoms with van der Waals surface area (Å²) in [4.78, 5) is 25.7. The Balaban J connectivity index is 2.04. The fourth-order valence-corrected chi connectivity index (χ4v) is 4.28. The number of carbonyl (C=O) groups is 2. The number of aldehydes is 1. The molecule has 0 radical (unpaired) electrons. The molecular formula is C20H31NO4Si. The number of nitrogens with zero attached hydrogens (tertiary/aromatic N) is 1. The second kappa shape index (κ2) is 7.92. The predicted molar refractivity (Wildman–Crippen MR) is 104 cm³/mol. The first-order chi connectivity index (χ1) is 12.1. The lowest BCUT2D eigenvalue weighted by Gasteiger charge is -2.39. The third kappa shape index (κ3) is 4.54. The average molecular weight is 378 g/mol. The molecule has 3 atom stereocenters. The summed E-state index contributed by atoms with van der Waals surface area (Å²) in [6.45, 7) is 13.5. The molecule has 5 nitrogen and oxygen atoms in total. The van der Waals surface area contributed by atoms with Crippen LogP contribution in [0, 0.1) is 5.92 Å². The molecule has 1 saturated heterocycles. The van der Waals surface area contributed by atoms with E-state index >= 15 is 0 Å². The van der Waals surface area contributed by atoms with Crippen LogP contribution < -0.4 is 0 Å². The Hall–Kier alpha value is -1.66. The van der Waals surface area contributed by atoms with Crippen molar-refractivity contribution >= 4 is 20.7 Å². The molecule has 1 fully saturated rings. The fourth-order valence-electron chi connectivity index (χ4n) is 2.88. The topological polar surface area (TPSA) is 55.8 Å². The van der Waals surface area contributed by atoms with Crippen LogP contribution in [0.25, 0.3) is 0 Å². The van der Waals surface area contributed by atoms with Crippen LogP contribution in [0.2, 0.25) is 18.1 Å². The summed E-state index contributed by atoms with van der Waals surface area (Å²) in [5.41, 5.74) is 0.921. The molecule has 144 valence electrons. The lowest BCUT2D eigenvalue weighted by molar-refractivity contribution is -0.112. The van der Waals surface area contributed by atoms with Crippen LogP contribution in [0.4, 0.5) is 4.79 Å². The Morgan fingerprint density at radius 2 is 1.88 bits per heavy atom. The summed E-state index contributed by atoms with van der Waals surface area (Å²) in [6.07, 6.45) is 0.234. The first-order valence-electron chi connectivity index (χ1n) is 9.17. The second-order valence-corrected chi connectivity index (χ2v) is 13.4. The number of carbonyl (C=O) groups excluding carboxylic acids is 2. The number of rotatable bonds is 5. The highest BCUT2D eigenvalue weighted by Crippen LogP contribution is 2.40. The van der Waals surface area contributed by atoms with E-state index in [1.165, 1.54) is 4.90 Å². The number of likely N-dealkylation sites (tertiary alicyclic amines) is 1. The second-order valence-electron chi connectivity index (χ2n) is 8.59. The Bertz CT molecular complexity index is 626. The molecule has 0 saturated carbocycles. The largest absolute Gasteiger partial charge is 0.445 e. The van der Waals surface area contributed by atoms with E-state index in [1.54, 1.807) is 0 Å². The van der Waals surface area contributed by atoms with Gasteiger partial charge in [0.1, 0.15) is 12.9 Å². The molecule has 1 unspecified atom stereocenters. The first kappa shape index (κ1) is 20.6. The van der Waals surface area contributed by atoms with E-state index < -0.39 is 20.5 Å². The van der Waals surface area contributed by atoms with Gasteiger partial charge in [0.2, 0.25) is 0 Å². The zero-order chi connectivity index (χ0) is 19.5. The van der Waals surface area contributed by atoms with Crippen LogP contribution in [0.5, 0.6) is 0 Å². The number of hydrogen-bond donors (Lipinski definition) is 0. The van der Waals surface area contributed by atoms with Crippen LogP contribution >= 0.6 is 0 Å². The van der Waals surface area contributed by atoms with Gasteiger partial charge in [-0.05, 0) is 23.7 Å². The Morgan fingerprint density at radius 1 is 1.27 bits per heavy atom. The summed E-state index contributed by atoms with van der Waals surface area (Å²) in [5, 5.41) is 0.0740.